The second-order valence-electron chi connectivity index (χ2n) is 3.82. The molecule has 0 spiro atoms. The van der Waals surface area contributed by atoms with Crippen LogP contribution < -0.4 is 5.32 Å². The molecule has 1 aromatic rings. The molecule has 0 aliphatic heterocycles. The van der Waals surface area contributed by atoms with Gasteiger partial charge in [0.1, 0.15) is 0 Å². The van der Waals surface area contributed by atoms with E-state index in [9.17, 15) is 4.79 Å². The van der Waals surface area contributed by atoms with Gasteiger partial charge in [-0.25, -0.2) is 0 Å². The van der Waals surface area contributed by atoms with E-state index >= 15 is 0 Å². The van der Waals surface area contributed by atoms with E-state index in [0.717, 1.165) is 12.1 Å². The molecule has 1 amide bonds. The molecule has 4 heteroatoms. The SMILES string of the molecule is CCNCC(=O)N(CC)Cc1cccc(Cl)c1. The molecule has 0 heterocycles. The summed E-state index contributed by atoms with van der Waals surface area (Å²) in [6, 6.07) is 7.61. The minimum absolute atomic E-state index is 0.120. The largest absolute Gasteiger partial charge is 0.338 e. The van der Waals surface area contributed by atoms with Gasteiger partial charge in [-0.3, -0.25) is 4.79 Å². The number of halogens is 1. The normalized spacial score (nSPS) is 10.3. The van der Waals surface area contributed by atoms with E-state index in [1.54, 1.807) is 0 Å². The molecule has 0 saturated heterocycles. The molecular weight excluding hydrogens is 236 g/mol. The third kappa shape index (κ3) is 4.75. The lowest BCUT2D eigenvalue weighted by Crippen LogP contribution is -2.37. The van der Waals surface area contributed by atoms with Crippen molar-refractivity contribution >= 4 is 17.5 Å². The van der Waals surface area contributed by atoms with Gasteiger partial charge in [0.05, 0.1) is 6.54 Å². The molecular formula is C13H19ClN2O. The fourth-order valence-corrected chi connectivity index (χ4v) is 1.79. The quantitative estimate of drug-likeness (QED) is 0.845. The smallest absolute Gasteiger partial charge is 0.236 e. The van der Waals surface area contributed by atoms with Crippen LogP contribution in [-0.2, 0) is 11.3 Å². The first-order valence-corrected chi connectivity index (χ1v) is 6.28. The number of carbonyl (C=O) groups excluding carboxylic acids is 1. The van der Waals surface area contributed by atoms with Gasteiger partial charge in [-0.05, 0) is 31.2 Å². The van der Waals surface area contributed by atoms with E-state index < -0.39 is 0 Å². The van der Waals surface area contributed by atoms with Crippen LogP contribution in [0.15, 0.2) is 24.3 Å². The maximum atomic E-state index is 11.9. The van der Waals surface area contributed by atoms with E-state index in [0.29, 0.717) is 24.7 Å². The summed E-state index contributed by atoms with van der Waals surface area (Å²) in [6.07, 6.45) is 0. The van der Waals surface area contributed by atoms with Gasteiger partial charge in [0.25, 0.3) is 0 Å². The van der Waals surface area contributed by atoms with Crippen LogP contribution in [0, 0.1) is 0 Å². The summed E-state index contributed by atoms with van der Waals surface area (Å²) in [5, 5.41) is 3.75. The Morgan fingerprint density at radius 2 is 2.18 bits per heavy atom. The van der Waals surface area contributed by atoms with Crippen LogP contribution in [0.3, 0.4) is 0 Å². The molecule has 1 aromatic carbocycles. The van der Waals surface area contributed by atoms with Crippen LogP contribution >= 0.6 is 11.6 Å². The summed E-state index contributed by atoms with van der Waals surface area (Å²) in [5.74, 6) is 0.120. The Labute approximate surface area is 108 Å². The van der Waals surface area contributed by atoms with Crippen LogP contribution in [-0.4, -0.2) is 30.4 Å². The van der Waals surface area contributed by atoms with Gasteiger partial charge in [-0.1, -0.05) is 30.7 Å². The van der Waals surface area contributed by atoms with E-state index in [4.69, 9.17) is 11.6 Å². The van der Waals surface area contributed by atoms with Crippen molar-refractivity contribution < 1.29 is 4.79 Å². The second kappa shape index (κ2) is 7.30. The fourth-order valence-electron chi connectivity index (χ4n) is 1.58. The number of carbonyl (C=O) groups is 1. The average Bonchev–Trinajstić information content (AvgIpc) is 2.33. The molecule has 0 bridgehead atoms. The lowest BCUT2D eigenvalue weighted by atomic mass is 10.2. The predicted octanol–water partition coefficient (Wildman–Crippen LogP) is 2.30. The number of nitrogens with zero attached hydrogens (tertiary/aromatic N) is 1. The summed E-state index contributed by atoms with van der Waals surface area (Å²) in [5.41, 5.74) is 1.06. The first-order valence-electron chi connectivity index (χ1n) is 5.90. The molecule has 3 nitrogen and oxygen atoms in total. The Morgan fingerprint density at radius 1 is 1.41 bits per heavy atom. The first kappa shape index (κ1) is 14.0. The van der Waals surface area contributed by atoms with Crippen molar-refractivity contribution in [1.29, 1.82) is 0 Å². The molecule has 0 radical (unpaired) electrons. The van der Waals surface area contributed by atoms with Crippen molar-refractivity contribution in [2.45, 2.75) is 20.4 Å². The molecule has 0 fully saturated rings. The Hall–Kier alpha value is -1.06. The molecule has 17 heavy (non-hydrogen) atoms. The highest BCUT2D eigenvalue weighted by atomic mass is 35.5. The van der Waals surface area contributed by atoms with Crippen LogP contribution in [0.4, 0.5) is 0 Å². The third-order valence-electron chi connectivity index (χ3n) is 2.52. The van der Waals surface area contributed by atoms with Crippen molar-refractivity contribution in [1.82, 2.24) is 10.2 Å². The molecule has 94 valence electrons. The summed E-state index contributed by atoms with van der Waals surface area (Å²) < 4.78 is 0. The predicted molar refractivity (Wildman–Crippen MR) is 71.1 cm³/mol. The van der Waals surface area contributed by atoms with Gasteiger partial charge in [0, 0.05) is 18.1 Å². The molecule has 0 unspecified atom stereocenters. The van der Waals surface area contributed by atoms with E-state index in [2.05, 4.69) is 5.32 Å². The fraction of sp³-hybridized carbons (Fsp3) is 0.462. The van der Waals surface area contributed by atoms with Crippen molar-refractivity contribution in [3.63, 3.8) is 0 Å². The maximum Gasteiger partial charge on any atom is 0.236 e. The Kier molecular flexibility index (Phi) is 6.01. The number of benzene rings is 1. The highest BCUT2D eigenvalue weighted by Crippen LogP contribution is 2.12. The van der Waals surface area contributed by atoms with Gasteiger partial charge in [-0.15, -0.1) is 0 Å². The third-order valence-corrected chi connectivity index (χ3v) is 2.76. The highest BCUT2D eigenvalue weighted by Gasteiger charge is 2.11. The van der Waals surface area contributed by atoms with Gasteiger partial charge < -0.3 is 10.2 Å². The van der Waals surface area contributed by atoms with Crippen molar-refractivity contribution in [3.8, 4) is 0 Å². The molecule has 0 aromatic heterocycles. The summed E-state index contributed by atoms with van der Waals surface area (Å²) >= 11 is 5.92. The minimum Gasteiger partial charge on any atom is -0.338 e. The molecule has 0 atom stereocenters. The number of rotatable bonds is 6. The maximum absolute atomic E-state index is 11.9. The number of hydrogen-bond acceptors (Lipinski definition) is 2. The highest BCUT2D eigenvalue weighted by molar-refractivity contribution is 6.30. The Morgan fingerprint density at radius 3 is 2.76 bits per heavy atom. The summed E-state index contributed by atoms with van der Waals surface area (Å²) in [6.45, 7) is 6.48. The minimum atomic E-state index is 0.120. The molecule has 0 aliphatic carbocycles. The molecule has 1 rings (SSSR count). The van der Waals surface area contributed by atoms with Crippen molar-refractivity contribution in [2.75, 3.05) is 19.6 Å². The Bertz CT molecular complexity index is 368. The van der Waals surface area contributed by atoms with Gasteiger partial charge in [0.2, 0.25) is 5.91 Å². The molecule has 0 aliphatic rings. The van der Waals surface area contributed by atoms with Crippen LogP contribution in [0.25, 0.3) is 0 Å². The molecule has 0 saturated carbocycles. The second-order valence-corrected chi connectivity index (χ2v) is 4.25. The first-order chi connectivity index (χ1) is 8.17. The topological polar surface area (TPSA) is 32.3 Å². The van der Waals surface area contributed by atoms with Crippen molar-refractivity contribution in [2.24, 2.45) is 0 Å². The van der Waals surface area contributed by atoms with E-state index in [1.165, 1.54) is 0 Å². The zero-order valence-corrected chi connectivity index (χ0v) is 11.1. The summed E-state index contributed by atoms with van der Waals surface area (Å²) in [4.78, 5) is 13.7. The molecule has 1 N–H and O–H groups in total. The number of hydrogen-bond donors (Lipinski definition) is 1. The van der Waals surface area contributed by atoms with Gasteiger partial charge in [0.15, 0.2) is 0 Å². The van der Waals surface area contributed by atoms with Crippen LogP contribution in [0.2, 0.25) is 5.02 Å². The lowest BCUT2D eigenvalue weighted by molar-refractivity contribution is -0.130. The zero-order valence-electron chi connectivity index (χ0n) is 10.4. The number of likely N-dealkylation sites (N-methyl/N-ethyl adjacent to an activating group) is 2. The van der Waals surface area contributed by atoms with Crippen molar-refractivity contribution in [3.05, 3.63) is 34.9 Å². The summed E-state index contributed by atoms with van der Waals surface area (Å²) in [7, 11) is 0. The van der Waals surface area contributed by atoms with Gasteiger partial charge >= 0.3 is 0 Å². The van der Waals surface area contributed by atoms with Crippen LogP contribution in [0.1, 0.15) is 19.4 Å². The standard InChI is InChI=1S/C13H19ClN2O/c1-3-15-9-13(17)16(4-2)10-11-6-5-7-12(14)8-11/h5-8,15H,3-4,9-10H2,1-2H3. The van der Waals surface area contributed by atoms with E-state index in [1.807, 2.05) is 43.0 Å². The van der Waals surface area contributed by atoms with Gasteiger partial charge in [-0.2, -0.15) is 0 Å². The Balaban J connectivity index is 2.60. The lowest BCUT2D eigenvalue weighted by Gasteiger charge is -2.21. The zero-order chi connectivity index (χ0) is 12.7. The van der Waals surface area contributed by atoms with E-state index in [-0.39, 0.29) is 5.91 Å². The number of nitrogens with one attached hydrogen (secondary N) is 1. The van der Waals surface area contributed by atoms with Crippen LogP contribution in [0.5, 0.6) is 0 Å². The monoisotopic (exact) mass is 254 g/mol. The number of amides is 1. The average molecular weight is 255 g/mol.